The third-order valence-electron chi connectivity index (χ3n) is 5.17. The Bertz CT molecular complexity index is 1240. The molecule has 0 spiro atoms. The number of hydrogen-bond donors (Lipinski definition) is 0. The molecule has 176 valence electrons. The summed E-state index contributed by atoms with van der Waals surface area (Å²) < 4.78 is 37.1. The van der Waals surface area contributed by atoms with E-state index in [1.807, 2.05) is 41.0 Å². The van der Waals surface area contributed by atoms with Gasteiger partial charge < -0.3 is 18.9 Å². The summed E-state index contributed by atoms with van der Waals surface area (Å²) in [5.41, 5.74) is 2.58. The van der Waals surface area contributed by atoms with Crippen molar-refractivity contribution in [2.45, 2.75) is 10.9 Å². The zero-order valence-corrected chi connectivity index (χ0v) is 20.1. The summed E-state index contributed by atoms with van der Waals surface area (Å²) in [5.74, 6) is 3.21. The zero-order chi connectivity index (χ0) is 24.1. The van der Waals surface area contributed by atoms with Crippen molar-refractivity contribution in [3.05, 3.63) is 72.0 Å². The molecule has 0 bridgehead atoms. The van der Waals surface area contributed by atoms with Crippen LogP contribution >= 0.6 is 11.8 Å². The molecule has 0 saturated carbocycles. The van der Waals surface area contributed by atoms with Crippen molar-refractivity contribution in [3.63, 3.8) is 0 Å². The van der Waals surface area contributed by atoms with Gasteiger partial charge in [-0.05, 0) is 54.1 Å². The van der Waals surface area contributed by atoms with E-state index in [-0.39, 0.29) is 5.82 Å². The van der Waals surface area contributed by atoms with Gasteiger partial charge in [0.15, 0.2) is 22.5 Å². The Hall–Kier alpha value is -3.72. The van der Waals surface area contributed by atoms with Gasteiger partial charge >= 0.3 is 0 Å². The van der Waals surface area contributed by atoms with Gasteiger partial charge in [0.1, 0.15) is 11.6 Å². The van der Waals surface area contributed by atoms with E-state index in [4.69, 9.17) is 18.9 Å². The molecule has 4 rings (SSSR count). The lowest BCUT2D eigenvalue weighted by atomic mass is 10.1. The summed E-state index contributed by atoms with van der Waals surface area (Å²) >= 11 is 1.50. The second-order valence-corrected chi connectivity index (χ2v) is 8.11. The molecule has 0 amide bonds. The molecule has 0 N–H and O–H groups in total. The van der Waals surface area contributed by atoms with Crippen LogP contribution in [0.25, 0.3) is 17.1 Å². The van der Waals surface area contributed by atoms with E-state index in [0.717, 1.165) is 22.6 Å². The Morgan fingerprint density at radius 3 is 2.00 bits per heavy atom. The van der Waals surface area contributed by atoms with Crippen molar-refractivity contribution in [1.29, 1.82) is 0 Å². The van der Waals surface area contributed by atoms with Gasteiger partial charge in [0.25, 0.3) is 0 Å². The Morgan fingerprint density at radius 1 is 0.794 bits per heavy atom. The van der Waals surface area contributed by atoms with E-state index >= 15 is 0 Å². The maximum Gasteiger partial charge on any atom is 0.203 e. The molecule has 7 nitrogen and oxygen atoms in total. The van der Waals surface area contributed by atoms with Crippen molar-refractivity contribution in [3.8, 4) is 40.1 Å². The lowest BCUT2D eigenvalue weighted by Gasteiger charge is -2.15. The fourth-order valence-corrected chi connectivity index (χ4v) is 4.36. The number of methoxy groups -OCH3 is 4. The smallest absolute Gasteiger partial charge is 0.203 e. The van der Waals surface area contributed by atoms with Gasteiger partial charge in [0.05, 0.1) is 28.4 Å². The summed E-state index contributed by atoms with van der Waals surface area (Å²) in [7, 11) is 6.32. The van der Waals surface area contributed by atoms with E-state index in [1.54, 1.807) is 40.6 Å². The average Bonchev–Trinajstić information content (AvgIpc) is 3.31. The van der Waals surface area contributed by atoms with Crippen molar-refractivity contribution in [1.82, 2.24) is 14.8 Å². The molecule has 0 atom stereocenters. The Morgan fingerprint density at radius 2 is 1.44 bits per heavy atom. The molecule has 0 radical (unpaired) electrons. The first kappa shape index (κ1) is 23.4. The molecule has 3 aromatic carbocycles. The lowest BCUT2D eigenvalue weighted by Crippen LogP contribution is -2.01. The summed E-state index contributed by atoms with van der Waals surface area (Å²) in [5, 5.41) is 9.62. The summed E-state index contributed by atoms with van der Waals surface area (Å²) in [4.78, 5) is 0. The van der Waals surface area contributed by atoms with E-state index in [1.165, 1.54) is 23.9 Å². The topological polar surface area (TPSA) is 67.6 Å². The minimum atomic E-state index is -0.264. The molecular weight excluding hydrogens is 457 g/mol. The highest BCUT2D eigenvalue weighted by Crippen LogP contribution is 2.42. The number of aromatic nitrogens is 3. The molecule has 1 heterocycles. The molecule has 0 saturated heterocycles. The van der Waals surface area contributed by atoms with Crippen LogP contribution in [0, 0.1) is 5.82 Å². The quantitative estimate of drug-likeness (QED) is 0.297. The number of ether oxygens (including phenoxy) is 4. The van der Waals surface area contributed by atoms with E-state index < -0.39 is 0 Å². The highest BCUT2D eigenvalue weighted by molar-refractivity contribution is 7.98. The molecule has 0 aliphatic heterocycles. The van der Waals surface area contributed by atoms with E-state index in [9.17, 15) is 4.39 Å². The number of rotatable bonds is 9. The summed E-state index contributed by atoms with van der Waals surface area (Å²) in [6, 6.07) is 17.7. The Balaban J connectivity index is 1.80. The first-order valence-corrected chi connectivity index (χ1v) is 11.3. The minimum absolute atomic E-state index is 0.264. The molecule has 1 aromatic heterocycles. The van der Waals surface area contributed by atoms with Crippen LogP contribution in [0.3, 0.4) is 0 Å². The Labute approximate surface area is 201 Å². The molecule has 0 unspecified atom stereocenters. The van der Waals surface area contributed by atoms with Crippen LogP contribution in [0.2, 0.25) is 0 Å². The van der Waals surface area contributed by atoms with Crippen LogP contribution in [0.1, 0.15) is 5.56 Å². The molecule has 0 fully saturated rings. The number of benzene rings is 3. The molecule has 0 aliphatic carbocycles. The fraction of sp³-hybridized carbons (Fsp3) is 0.200. The van der Waals surface area contributed by atoms with Crippen molar-refractivity contribution in [2.75, 3.05) is 28.4 Å². The molecule has 0 aliphatic rings. The monoisotopic (exact) mass is 481 g/mol. The second-order valence-electron chi connectivity index (χ2n) is 7.17. The predicted octanol–water partition coefficient (Wildman–Crippen LogP) is 5.40. The third kappa shape index (κ3) is 4.79. The highest BCUT2D eigenvalue weighted by Gasteiger charge is 2.21. The van der Waals surface area contributed by atoms with Gasteiger partial charge in [-0.1, -0.05) is 23.9 Å². The predicted molar refractivity (Wildman–Crippen MR) is 129 cm³/mol. The van der Waals surface area contributed by atoms with Crippen LogP contribution in [0.5, 0.6) is 23.0 Å². The Kier molecular flexibility index (Phi) is 7.22. The number of nitrogens with zero attached hydrogens (tertiary/aromatic N) is 3. The van der Waals surface area contributed by atoms with Gasteiger partial charge in [-0.15, -0.1) is 10.2 Å². The van der Waals surface area contributed by atoms with Crippen molar-refractivity contribution >= 4 is 11.8 Å². The van der Waals surface area contributed by atoms with Crippen molar-refractivity contribution < 1.29 is 23.3 Å². The largest absolute Gasteiger partial charge is 0.497 e. The van der Waals surface area contributed by atoms with E-state index in [0.29, 0.717) is 34.0 Å². The standard InChI is InChI=1S/C25H24FN3O4S/c1-30-20-11-9-19(10-12-20)29-24(17-13-21(31-2)23(33-4)22(14-17)32-3)27-28-25(29)34-15-16-5-7-18(26)8-6-16/h5-14H,15H2,1-4H3. The number of thioether (sulfide) groups is 1. The molecular formula is C25H24FN3O4S. The van der Waals surface area contributed by atoms with Crippen LogP contribution in [0.4, 0.5) is 4.39 Å². The van der Waals surface area contributed by atoms with Gasteiger partial charge in [-0.2, -0.15) is 0 Å². The van der Waals surface area contributed by atoms with Crippen LogP contribution in [-0.4, -0.2) is 43.2 Å². The first-order valence-electron chi connectivity index (χ1n) is 10.4. The van der Waals surface area contributed by atoms with Crippen LogP contribution in [0.15, 0.2) is 65.8 Å². The van der Waals surface area contributed by atoms with Crippen LogP contribution in [-0.2, 0) is 5.75 Å². The van der Waals surface area contributed by atoms with Gasteiger partial charge in [0.2, 0.25) is 5.75 Å². The molecule has 34 heavy (non-hydrogen) atoms. The SMILES string of the molecule is COc1ccc(-n2c(SCc3ccc(F)cc3)nnc2-c2cc(OC)c(OC)c(OC)c2)cc1. The number of halogens is 1. The lowest BCUT2D eigenvalue weighted by molar-refractivity contribution is 0.324. The van der Waals surface area contributed by atoms with Gasteiger partial charge in [-0.3, -0.25) is 4.57 Å². The van der Waals surface area contributed by atoms with Crippen molar-refractivity contribution in [2.24, 2.45) is 0 Å². The van der Waals surface area contributed by atoms with Gasteiger partial charge in [-0.25, -0.2) is 4.39 Å². The number of hydrogen-bond acceptors (Lipinski definition) is 7. The summed E-state index contributed by atoms with van der Waals surface area (Å²) in [6.07, 6.45) is 0. The normalized spacial score (nSPS) is 10.7. The molecule has 4 aromatic rings. The zero-order valence-electron chi connectivity index (χ0n) is 19.2. The average molecular weight is 482 g/mol. The highest BCUT2D eigenvalue weighted by atomic mass is 32.2. The molecule has 9 heteroatoms. The minimum Gasteiger partial charge on any atom is -0.497 e. The van der Waals surface area contributed by atoms with Crippen LogP contribution < -0.4 is 18.9 Å². The second kappa shape index (κ2) is 10.5. The fourth-order valence-electron chi connectivity index (χ4n) is 3.45. The maximum atomic E-state index is 13.3. The van der Waals surface area contributed by atoms with Gasteiger partial charge in [0, 0.05) is 17.0 Å². The van der Waals surface area contributed by atoms with E-state index in [2.05, 4.69) is 10.2 Å². The summed E-state index contributed by atoms with van der Waals surface area (Å²) in [6.45, 7) is 0. The first-order chi connectivity index (χ1) is 16.6. The maximum absolute atomic E-state index is 13.3. The third-order valence-corrected chi connectivity index (χ3v) is 6.17.